The number of carbonyl (C=O) groups excluding carboxylic acids is 2. The second kappa shape index (κ2) is 8.71. The third kappa shape index (κ3) is 6.21. The molecule has 0 aliphatic carbocycles. The second-order valence-corrected chi connectivity index (χ2v) is 5.99. The topological polar surface area (TPSA) is 119 Å². The Hall–Kier alpha value is -2.13. The molecule has 0 heterocycles. The van der Waals surface area contributed by atoms with Crippen molar-refractivity contribution in [3.05, 3.63) is 25.1 Å². The van der Waals surface area contributed by atoms with Crippen LogP contribution in [-0.4, -0.2) is 55.3 Å². The fraction of sp³-hybridized carbons (Fsp3) is 0.500. The summed E-state index contributed by atoms with van der Waals surface area (Å²) in [6.45, 7) is 2.50. The quantitative estimate of drug-likeness (QED) is 0.128. The smallest absolute Gasteiger partial charge is 0.468 e. The molecule has 0 aliphatic heterocycles. The van der Waals surface area contributed by atoms with Crippen molar-refractivity contribution in [1.29, 1.82) is 0 Å². The summed E-state index contributed by atoms with van der Waals surface area (Å²) in [5.74, 6) is -11.8. The zero-order valence-electron chi connectivity index (χ0n) is 13.1. The summed E-state index contributed by atoms with van der Waals surface area (Å²) in [6.07, 6.45) is -7.38. The van der Waals surface area contributed by atoms with Crippen molar-refractivity contribution in [1.82, 2.24) is 0 Å². The predicted octanol–water partition coefficient (Wildman–Crippen LogP) is 1.55. The van der Waals surface area contributed by atoms with Crippen molar-refractivity contribution >= 4 is 22.1 Å². The summed E-state index contributed by atoms with van der Waals surface area (Å²) in [7, 11) is -6.28. The molecule has 0 spiro atoms. The first kappa shape index (κ1) is 24.9. The average molecular weight is 429 g/mol. The van der Waals surface area contributed by atoms with Gasteiger partial charge in [-0.25, -0.2) is 18.0 Å². The first-order chi connectivity index (χ1) is 12.0. The number of rotatable bonds is 10. The van der Waals surface area contributed by atoms with Crippen LogP contribution in [-0.2, 0) is 33.9 Å². The molecule has 15 heteroatoms. The largest absolute Gasteiger partial charge is 0.743 e. The summed E-state index contributed by atoms with van der Waals surface area (Å²) in [6, 6.07) is 0. The average Bonchev–Trinajstić information content (AvgIpc) is 2.48. The normalized spacial score (nSPS) is 14.8. The monoisotopic (exact) mass is 429 g/mol. The van der Waals surface area contributed by atoms with E-state index in [1.54, 1.807) is 0 Å². The molecule has 1 atom stereocenters. The van der Waals surface area contributed by atoms with Crippen molar-refractivity contribution < 1.29 is 63.1 Å². The van der Waals surface area contributed by atoms with E-state index in [4.69, 9.17) is 0 Å². The maximum absolute atomic E-state index is 13.3. The SMILES string of the molecule is C=CCOC(=O)C(OCCC(F)(F)S(=O)(=O)[O-])(OC(=O)C(=C)F)C(F)(F)F. The van der Waals surface area contributed by atoms with E-state index in [0.717, 1.165) is 6.08 Å². The summed E-state index contributed by atoms with van der Waals surface area (Å²) in [5.41, 5.74) is 0. The number of hydrogen-bond donors (Lipinski definition) is 0. The Morgan fingerprint density at radius 3 is 2.04 bits per heavy atom. The van der Waals surface area contributed by atoms with Crippen LogP contribution in [0, 0.1) is 0 Å². The second-order valence-electron chi connectivity index (χ2n) is 4.49. The maximum Gasteiger partial charge on any atom is 0.468 e. The van der Waals surface area contributed by atoms with E-state index in [2.05, 4.69) is 27.4 Å². The summed E-state index contributed by atoms with van der Waals surface area (Å²) >= 11 is 0. The van der Waals surface area contributed by atoms with Gasteiger partial charge in [-0.15, -0.1) is 0 Å². The van der Waals surface area contributed by atoms with Crippen molar-refractivity contribution in [2.24, 2.45) is 0 Å². The number of ether oxygens (including phenoxy) is 3. The fourth-order valence-electron chi connectivity index (χ4n) is 1.24. The molecular weight excluding hydrogens is 418 g/mol. The Morgan fingerprint density at radius 1 is 1.15 bits per heavy atom. The third-order valence-electron chi connectivity index (χ3n) is 2.50. The van der Waals surface area contributed by atoms with Crippen LogP contribution in [0.4, 0.5) is 26.3 Å². The van der Waals surface area contributed by atoms with Crippen LogP contribution >= 0.6 is 0 Å². The predicted molar refractivity (Wildman–Crippen MR) is 71.5 cm³/mol. The minimum absolute atomic E-state index is 0.771. The van der Waals surface area contributed by atoms with Crippen molar-refractivity contribution in [3.63, 3.8) is 0 Å². The van der Waals surface area contributed by atoms with Crippen LogP contribution in [0.3, 0.4) is 0 Å². The number of hydrogen-bond acceptors (Lipinski definition) is 8. The number of alkyl halides is 5. The highest BCUT2D eigenvalue weighted by molar-refractivity contribution is 7.86. The molecule has 0 amide bonds. The highest BCUT2D eigenvalue weighted by Crippen LogP contribution is 2.38. The Kier molecular flexibility index (Phi) is 8.02. The number of carbonyl (C=O) groups is 2. The minimum atomic E-state index is -6.28. The van der Waals surface area contributed by atoms with Gasteiger partial charge in [-0.1, -0.05) is 19.2 Å². The lowest BCUT2D eigenvalue weighted by atomic mass is 10.2. The third-order valence-corrected chi connectivity index (χ3v) is 3.43. The van der Waals surface area contributed by atoms with Gasteiger partial charge in [0.25, 0.3) is 0 Å². The van der Waals surface area contributed by atoms with E-state index >= 15 is 0 Å². The highest BCUT2D eigenvalue weighted by Gasteiger charge is 2.68. The molecule has 0 saturated carbocycles. The molecule has 27 heavy (non-hydrogen) atoms. The summed E-state index contributed by atoms with van der Waals surface area (Å²) < 4.78 is 121. The Morgan fingerprint density at radius 2 is 1.67 bits per heavy atom. The van der Waals surface area contributed by atoms with Crippen LogP contribution < -0.4 is 0 Å². The Bertz CT molecular complexity index is 701. The molecule has 0 aromatic rings. The van der Waals surface area contributed by atoms with Gasteiger partial charge in [0.15, 0.2) is 10.1 Å². The molecular formula is C12H11F6O8S-. The van der Waals surface area contributed by atoms with E-state index < -0.39 is 64.7 Å². The van der Waals surface area contributed by atoms with Crippen LogP contribution in [0.1, 0.15) is 6.42 Å². The Balaban J connectivity index is 5.85. The van der Waals surface area contributed by atoms with Crippen LogP contribution in [0.5, 0.6) is 0 Å². The molecule has 0 rings (SSSR count). The van der Waals surface area contributed by atoms with Crippen LogP contribution in [0.15, 0.2) is 25.1 Å². The molecule has 0 saturated heterocycles. The lowest BCUT2D eigenvalue weighted by Gasteiger charge is -2.32. The van der Waals surface area contributed by atoms with E-state index in [1.807, 2.05) is 0 Å². The number of esters is 2. The molecule has 0 N–H and O–H groups in total. The first-order valence-corrected chi connectivity index (χ1v) is 7.82. The molecule has 0 fully saturated rings. The summed E-state index contributed by atoms with van der Waals surface area (Å²) in [4.78, 5) is 22.8. The maximum atomic E-state index is 13.3. The van der Waals surface area contributed by atoms with E-state index in [9.17, 15) is 48.9 Å². The van der Waals surface area contributed by atoms with Gasteiger partial charge >= 0.3 is 29.2 Å². The standard InChI is InChI=1S/C12H12F6O8S/c1-3-5-24-9(20)11(12(16,17)18,26-8(19)7(2)13)25-6-4-10(14,15)27(21,22)23/h3H,1-2,4-6H2,(H,21,22,23)/p-1. The van der Waals surface area contributed by atoms with Crippen molar-refractivity contribution in [3.8, 4) is 0 Å². The van der Waals surface area contributed by atoms with Gasteiger partial charge in [-0.05, 0) is 0 Å². The van der Waals surface area contributed by atoms with E-state index in [-0.39, 0.29) is 0 Å². The van der Waals surface area contributed by atoms with E-state index in [1.165, 1.54) is 0 Å². The van der Waals surface area contributed by atoms with Gasteiger partial charge < -0.3 is 18.8 Å². The fourth-order valence-corrected chi connectivity index (χ4v) is 1.57. The zero-order valence-corrected chi connectivity index (χ0v) is 13.9. The lowest BCUT2D eigenvalue weighted by molar-refractivity contribution is -0.355. The highest BCUT2D eigenvalue weighted by atomic mass is 32.2. The van der Waals surface area contributed by atoms with Gasteiger partial charge in [0.05, 0.1) is 6.61 Å². The molecule has 0 aliphatic rings. The minimum Gasteiger partial charge on any atom is -0.743 e. The summed E-state index contributed by atoms with van der Waals surface area (Å²) in [5, 5.41) is -5.08. The van der Waals surface area contributed by atoms with Crippen LogP contribution in [0.2, 0.25) is 0 Å². The molecule has 0 aromatic heterocycles. The van der Waals surface area contributed by atoms with E-state index in [0.29, 0.717) is 0 Å². The number of halogens is 6. The molecule has 0 aromatic carbocycles. The molecule has 0 radical (unpaired) electrons. The van der Waals surface area contributed by atoms with Gasteiger partial charge in [0.1, 0.15) is 6.61 Å². The van der Waals surface area contributed by atoms with Crippen LogP contribution in [0.25, 0.3) is 0 Å². The van der Waals surface area contributed by atoms with Crippen molar-refractivity contribution in [2.45, 2.75) is 23.6 Å². The van der Waals surface area contributed by atoms with Gasteiger partial charge in [-0.2, -0.15) is 26.3 Å². The zero-order chi connectivity index (χ0) is 21.7. The first-order valence-electron chi connectivity index (χ1n) is 6.41. The van der Waals surface area contributed by atoms with Crippen molar-refractivity contribution in [2.75, 3.05) is 13.2 Å². The Labute approximate surface area is 148 Å². The van der Waals surface area contributed by atoms with Gasteiger partial charge in [-0.3, -0.25) is 0 Å². The lowest BCUT2D eigenvalue weighted by Crippen LogP contribution is -2.58. The molecule has 156 valence electrons. The molecule has 1 unspecified atom stereocenters. The molecule has 8 nitrogen and oxygen atoms in total. The van der Waals surface area contributed by atoms with Gasteiger partial charge in [0.2, 0.25) is 5.83 Å². The molecule has 0 bridgehead atoms. The van der Waals surface area contributed by atoms with Gasteiger partial charge in [0, 0.05) is 6.42 Å².